The van der Waals surface area contributed by atoms with Crippen LogP contribution >= 0.6 is 0 Å². The maximum absolute atomic E-state index is 11.9. The summed E-state index contributed by atoms with van der Waals surface area (Å²) in [5.74, 6) is 0.921. The Morgan fingerprint density at radius 3 is 2.61 bits per heavy atom. The van der Waals surface area contributed by atoms with Crippen LogP contribution in [0, 0.1) is 0 Å². The minimum Gasteiger partial charge on any atom is -0.487 e. The molecule has 3 rings (SSSR count). The molecule has 23 heavy (non-hydrogen) atoms. The summed E-state index contributed by atoms with van der Waals surface area (Å²) in [6.45, 7) is 6.67. The molecular weight excluding hydrogens is 298 g/mol. The number of likely N-dealkylation sites (tertiary alicyclic amines) is 1. The van der Waals surface area contributed by atoms with E-state index < -0.39 is 5.97 Å². The molecular formula is C17H21NO5. The predicted molar refractivity (Wildman–Crippen MR) is 82.9 cm³/mol. The Morgan fingerprint density at radius 2 is 2.00 bits per heavy atom. The maximum Gasteiger partial charge on any atom is 0.338 e. The molecule has 0 N–H and O–H groups in total. The molecule has 0 atom stereocenters. The molecule has 6 heteroatoms. The average Bonchev–Trinajstić information content (AvgIpc) is 2.74. The fourth-order valence-electron chi connectivity index (χ4n) is 2.93. The highest BCUT2D eigenvalue weighted by Gasteiger charge is 2.36. The van der Waals surface area contributed by atoms with E-state index in [1.807, 2.05) is 13.8 Å². The molecule has 0 bridgehead atoms. The van der Waals surface area contributed by atoms with Crippen molar-refractivity contribution in [2.75, 3.05) is 20.2 Å². The second-order valence-electron chi connectivity index (χ2n) is 6.65. The fourth-order valence-corrected chi connectivity index (χ4v) is 2.93. The van der Waals surface area contributed by atoms with Crippen LogP contribution in [0.1, 0.15) is 36.7 Å². The molecule has 0 saturated carbocycles. The Bertz CT molecular complexity index is 661. The lowest BCUT2D eigenvalue weighted by molar-refractivity contribution is -0.137. The number of nitrogens with zero attached hydrogens (tertiary/aromatic N) is 1. The first kappa shape index (κ1) is 15.6. The molecule has 2 heterocycles. The van der Waals surface area contributed by atoms with E-state index in [-0.39, 0.29) is 17.6 Å². The van der Waals surface area contributed by atoms with Gasteiger partial charge in [-0.25, -0.2) is 4.79 Å². The Morgan fingerprint density at radius 1 is 1.30 bits per heavy atom. The molecule has 1 amide bonds. The zero-order valence-electron chi connectivity index (χ0n) is 13.8. The van der Waals surface area contributed by atoms with Gasteiger partial charge >= 0.3 is 5.97 Å². The van der Waals surface area contributed by atoms with Crippen molar-refractivity contribution in [1.82, 2.24) is 4.90 Å². The number of hydrogen-bond acceptors (Lipinski definition) is 5. The van der Waals surface area contributed by atoms with Crippen molar-refractivity contribution in [1.29, 1.82) is 0 Å². The van der Waals surface area contributed by atoms with E-state index >= 15 is 0 Å². The molecule has 124 valence electrons. The number of amides is 1. The predicted octanol–water partition coefficient (Wildman–Crippen LogP) is 1.80. The molecule has 1 saturated heterocycles. The number of rotatable bonds is 3. The van der Waals surface area contributed by atoms with Crippen LogP contribution < -0.4 is 9.47 Å². The summed E-state index contributed by atoms with van der Waals surface area (Å²) in [5, 5.41) is 0. The highest BCUT2D eigenvalue weighted by molar-refractivity contribution is 5.90. The largest absolute Gasteiger partial charge is 0.487 e. The normalized spacial score (nSPS) is 18.7. The molecule has 1 fully saturated rings. The van der Waals surface area contributed by atoms with E-state index in [1.165, 1.54) is 7.11 Å². The number of fused-ring (bicyclic) bond motifs is 1. The summed E-state index contributed by atoms with van der Waals surface area (Å²) >= 11 is 0. The van der Waals surface area contributed by atoms with Gasteiger partial charge < -0.3 is 19.1 Å². The van der Waals surface area contributed by atoms with E-state index in [2.05, 4.69) is 0 Å². The summed E-state index contributed by atoms with van der Waals surface area (Å²) in [6.07, 6.45) is 0.655. The van der Waals surface area contributed by atoms with Gasteiger partial charge in [0.05, 0.1) is 25.8 Å². The Balaban J connectivity index is 1.85. The summed E-state index contributed by atoms with van der Waals surface area (Å²) in [5.41, 5.74) is 1.03. The average molecular weight is 319 g/mol. The number of hydrogen-bond donors (Lipinski definition) is 0. The van der Waals surface area contributed by atoms with Crippen LogP contribution in [-0.2, 0) is 16.0 Å². The number of esters is 1. The lowest BCUT2D eigenvalue weighted by Gasteiger charge is -2.38. The molecule has 0 radical (unpaired) electrons. The van der Waals surface area contributed by atoms with Crippen LogP contribution in [0.3, 0.4) is 0 Å². The van der Waals surface area contributed by atoms with E-state index in [0.29, 0.717) is 36.6 Å². The highest BCUT2D eigenvalue weighted by Crippen LogP contribution is 2.42. The van der Waals surface area contributed by atoms with Crippen LogP contribution in [0.25, 0.3) is 0 Å². The van der Waals surface area contributed by atoms with Gasteiger partial charge in [0.1, 0.15) is 23.2 Å². The zero-order chi connectivity index (χ0) is 16.8. The first-order valence-electron chi connectivity index (χ1n) is 7.65. The molecule has 1 aromatic rings. The maximum atomic E-state index is 11.9. The summed E-state index contributed by atoms with van der Waals surface area (Å²) in [7, 11) is 1.34. The van der Waals surface area contributed by atoms with E-state index in [9.17, 15) is 9.59 Å². The fraction of sp³-hybridized carbons (Fsp3) is 0.529. The standard InChI is InChI=1S/C17H21NO5/c1-10(19)18-8-12(9-18)22-14-5-11(16(20)21-4)6-15-13(14)7-17(2,3)23-15/h5-6,12H,7-9H2,1-4H3. The zero-order valence-corrected chi connectivity index (χ0v) is 13.8. The second-order valence-corrected chi connectivity index (χ2v) is 6.65. The SMILES string of the molecule is COC(=O)c1cc(OC2CN(C(C)=O)C2)c2c(c1)OC(C)(C)C2. The van der Waals surface area contributed by atoms with Gasteiger partial charge in [-0.05, 0) is 26.0 Å². The van der Waals surface area contributed by atoms with E-state index in [0.717, 1.165) is 5.56 Å². The van der Waals surface area contributed by atoms with Crippen molar-refractivity contribution in [3.8, 4) is 11.5 Å². The van der Waals surface area contributed by atoms with E-state index in [4.69, 9.17) is 14.2 Å². The molecule has 2 aliphatic heterocycles. The van der Waals surface area contributed by atoms with Gasteiger partial charge in [-0.15, -0.1) is 0 Å². The van der Waals surface area contributed by atoms with Gasteiger partial charge in [0.2, 0.25) is 5.91 Å². The Hall–Kier alpha value is -2.24. The molecule has 0 aromatic heterocycles. The monoisotopic (exact) mass is 319 g/mol. The number of benzene rings is 1. The number of ether oxygens (including phenoxy) is 3. The quantitative estimate of drug-likeness (QED) is 0.795. The first-order valence-corrected chi connectivity index (χ1v) is 7.65. The smallest absolute Gasteiger partial charge is 0.338 e. The molecule has 0 unspecified atom stereocenters. The van der Waals surface area contributed by atoms with Crippen LogP contribution in [0.5, 0.6) is 11.5 Å². The molecule has 1 aromatic carbocycles. The third kappa shape index (κ3) is 2.98. The summed E-state index contributed by atoms with van der Waals surface area (Å²) in [6, 6.07) is 3.40. The lowest BCUT2D eigenvalue weighted by Crippen LogP contribution is -2.55. The van der Waals surface area contributed by atoms with Crippen molar-refractivity contribution < 1.29 is 23.8 Å². The van der Waals surface area contributed by atoms with Crippen molar-refractivity contribution in [2.45, 2.75) is 38.9 Å². The van der Waals surface area contributed by atoms with Gasteiger partial charge in [-0.2, -0.15) is 0 Å². The van der Waals surface area contributed by atoms with E-state index in [1.54, 1.807) is 24.0 Å². The highest BCUT2D eigenvalue weighted by atomic mass is 16.5. The van der Waals surface area contributed by atoms with Gasteiger partial charge in [-0.1, -0.05) is 0 Å². The van der Waals surface area contributed by atoms with Crippen LogP contribution in [-0.4, -0.2) is 48.7 Å². The first-order chi connectivity index (χ1) is 10.8. The second kappa shape index (κ2) is 5.44. The summed E-state index contributed by atoms with van der Waals surface area (Å²) < 4.78 is 16.7. The van der Waals surface area contributed by atoms with Gasteiger partial charge in [-0.3, -0.25) is 4.79 Å². The van der Waals surface area contributed by atoms with Crippen molar-refractivity contribution >= 4 is 11.9 Å². The number of carbonyl (C=O) groups excluding carboxylic acids is 2. The Labute approximate surface area is 135 Å². The van der Waals surface area contributed by atoms with Gasteiger partial charge in [0.15, 0.2) is 0 Å². The molecule has 2 aliphatic rings. The van der Waals surface area contributed by atoms with Gasteiger partial charge in [0.25, 0.3) is 0 Å². The van der Waals surface area contributed by atoms with Crippen molar-refractivity contribution in [3.63, 3.8) is 0 Å². The minimum absolute atomic E-state index is 0.0443. The third-order valence-electron chi connectivity index (χ3n) is 4.16. The van der Waals surface area contributed by atoms with Crippen molar-refractivity contribution in [2.24, 2.45) is 0 Å². The van der Waals surface area contributed by atoms with Gasteiger partial charge in [0, 0.05) is 18.9 Å². The summed E-state index contributed by atoms with van der Waals surface area (Å²) in [4.78, 5) is 24.8. The van der Waals surface area contributed by atoms with Crippen LogP contribution in [0.2, 0.25) is 0 Å². The number of methoxy groups -OCH3 is 1. The molecule has 6 nitrogen and oxygen atoms in total. The van der Waals surface area contributed by atoms with Crippen LogP contribution in [0.15, 0.2) is 12.1 Å². The molecule has 0 spiro atoms. The topological polar surface area (TPSA) is 65.1 Å². The lowest BCUT2D eigenvalue weighted by atomic mass is 9.99. The van der Waals surface area contributed by atoms with Crippen LogP contribution in [0.4, 0.5) is 0 Å². The molecule has 0 aliphatic carbocycles. The third-order valence-corrected chi connectivity index (χ3v) is 4.16. The minimum atomic E-state index is -0.426. The Kier molecular flexibility index (Phi) is 3.70. The number of carbonyl (C=O) groups is 2. The van der Waals surface area contributed by atoms with Crippen molar-refractivity contribution in [3.05, 3.63) is 23.3 Å².